The van der Waals surface area contributed by atoms with Crippen LogP contribution in [0.2, 0.25) is 0 Å². The second kappa shape index (κ2) is 9.06. The topological polar surface area (TPSA) is 127 Å². The van der Waals surface area contributed by atoms with Crippen LogP contribution in [0.15, 0.2) is 83.8 Å². The van der Waals surface area contributed by atoms with Crippen molar-refractivity contribution in [3.63, 3.8) is 0 Å². The molecule has 10 heteroatoms. The summed E-state index contributed by atoms with van der Waals surface area (Å²) in [5, 5.41) is 13.7. The van der Waals surface area contributed by atoms with Gasteiger partial charge in [0.15, 0.2) is 0 Å². The van der Waals surface area contributed by atoms with Crippen molar-refractivity contribution < 1.29 is 22.9 Å². The number of rotatable bonds is 6. The van der Waals surface area contributed by atoms with E-state index in [2.05, 4.69) is 5.32 Å². The predicted molar refractivity (Wildman–Crippen MR) is 123 cm³/mol. The van der Waals surface area contributed by atoms with Crippen LogP contribution in [-0.2, 0) is 14.8 Å². The Balaban J connectivity index is 1.72. The highest BCUT2D eigenvalue weighted by Gasteiger charge is 2.47. The third kappa shape index (κ3) is 4.40. The highest BCUT2D eigenvalue weighted by molar-refractivity contribution is 7.89. The molecule has 1 aliphatic rings. The number of amides is 2. The van der Waals surface area contributed by atoms with Crippen LogP contribution in [0.3, 0.4) is 0 Å². The first-order valence-electron chi connectivity index (χ1n) is 10.4. The zero-order valence-electron chi connectivity index (χ0n) is 18.1. The van der Waals surface area contributed by atoms with E-state index >= 15 is 0 Å². The van der Waals surface area contributed by atoms with Crippen LogP contribution in [0.5, 0.6) is 0 Å². The van der Waals surface area contributed by atoms with Crippen LogP contribution in [-0.4, -0.2) is 35.5 Å². The Morgan fingerprint density at radius 1 is 1.00 bits per heavy atom. The van der Waals surface area contributed by atoms with Crippen molar-refractivity contribution in [3.05, 3.63) is 106 Å². The van der Waals surface area contributed by atoms with Crippen LogP contribution in [0.25, 0.3) is 0 Å². The van der Waals surface area contributed by atoms with Crippen LogP contribution in [0.1, 0.15) is 33.9 Å². The molecule has 174 valence electrons. The second-order valence-corrected chi connectivity index (χ2v) is 9.76. The van der Waals surface area contributed by atoms with Crippen LogP contribution in [0.4, 0.5) is 5.69 Å². The Labute approximate surface area is 196 Å². The molecule has 1 fully saturated rings. The van der Waals surface area contributed by atoms with E-state index in [1.165, 1.54) is 36.4 Å². The van der Waals surface area contributed by atoms with Gasteiger partial charge in [0, 0.05) is 24.1 Å². The maximum absolute atomic E-state index is 13.5. The highest BCUT2D eigenvalue weighted by atomic mass is 32.2. The van der Waals surface area contributed by atoms with E-state index in [1.807, 2.05) is 6.92 Å². The van der Waals surface area contributed by atoms with Crippen molar-refractivity contribution in [1.29, 1.82) is 0 Å². The molecular weight excluding hydrogens is 458 g/mol. The Bertz CT molecular complexity index is 1340. The summed E-state index contributed by atoms with van der Waals surface area (Å²) in [4.78, 5) is 36.4. The molecule has 4 rings (SSSR count). The fraction of sp³-hybridized carbons (Fsp3) is 0.167. The smallest absolute Gasteiger partial charge is 0.269 e. The quantitative estimate of drug-likeness (QED) is 0.427. The molecule has 0 saturated carbocycles. The second-order valence-electron chi connectivity index (χ2n) is 7.94. The summed E-state index contributed by atoms with van der Waals surface area (Å²) in [7, 11) is -4.26. The van der Waals surface area contributed by atoms with Gasteiger partial charge in [-0.25, -0.2) is 12.7 Å². The summed E-state index contributed by atoms with van der Waals surface area (Å²) >= 11 is 0. The number of benzene rings is 3. The van der Waals surface area contributed by atoms with Gasteiger partial charge in [0.05, 0.1) is 15.9 Å². The van der Waals surface area contributed by atoms with Gasteiger partial charge in [-0.2, -0.15) is 0 Å². The lowest BCUT2D eigenvalue weighted by Crippen LogP contribution is -2.43. The fourth-order valence-corrected chi connectivity index (χ4v) is 5.49. The molecule has 0 unspecified atom stereocenters. The van der Waals surface area contributed by atoms with Crippen molar-refractivity contribution in [2.75, 3.05) is 0 Å². The fourth-order valence-electron chi connectivity index (χ4n) is 3.88. The van der Waals surface area contributed by atoms with Gasteiger partial charge < -0.3 is 5.32 Å². The summed E-state index contributed by atoms with van der Waals surface area (Å²) < 4.78 is 27.8. The lowest BCUT2D eigenvalue weighted by atomic mass is 10.0. The standard InChI is InChI=1S/C24H21N3O6S/c1-16-7-13-20(14-8-16)34(32,33)26-22(17-9-11-19(12-10-17)27(30)31)15-21(24(26)29)25-23(28)18-5-3-2-4-6-18/h2-14,21-22H,15H2,1H3,(H,25,28)/t21-,22-/m0/s1. The number of aryl methyl sites for hydroxylation is 1. The van der Waals surface area contributed by atoms with Crippen molar-refractivity contribution in [2.24, 2.45) is 0 Å². The molecular formula is C24H21N3O6S. The van der Waals surface area contributed by atoms with Gasteiger partial charge >= 0.3 is 0 Å². The van der Waals surface area contributed by atoms with Gasteiger partial charge in [0.1, 0.15) is 6.04 Å². The molecule has 2 amide bonds. The van der Waals surface area contributed by atoms with Crippen LogP contribution >= 0.6 is 0 Å². The minimum Gasteiger partial charge on any atom is -0.340 e. The average molecular weight is 480 g/mol. The minimum atomic E-state index is -4.26. The predicted octanol–water partition coefficient (Wildman–Crippen LogP) is 3.36. The monoisotopic (exact) mass is 479 g/mol. The van der Waals surface area contributed by atoms with Crippen LogP contribution < -0.4 is 5.32 Å². The zero-order valence-corrected chi connectivity index (χ0v) is 18.9. The number of nitrogens with one attached hydrogen (secondary N) is 1. The zero-order chi connectivity index (χ0) is 24.5. The number of nitro benzene ring substituents is 1. The van der Waals surface area contributed by atoms with Crippen molar-refractivity contribution in [1.82, 2.24) is 9.62 Å². The normalized spacial score (nSPS) is 18.0. The van der Waals surface area contributed by atoms with Gasteiger partial charge in [0.2, 0.25) is 0 Å². The summed E-state index contributed by atoms with van der Waals surface area (Å²) in [5.74, 6) is -1.27. The number of nitrogens with zero attached hydrogens (tertiary/aromatic N) is 2. The molecule has 1 N–H and O–H groups in total. The SMILES string of the molecule is Cc1ccc(S(=O)(=O)N2C(=O)[C@@H](NC(=O)c3ccccc3)C[C@H]2c2ccc([N+](=O)[O-])cc2)cc1. The van der Waals surface area contributed by atoms with E-state index in [4.69, 9.17) is 0 Å². The van der Waals surface area contributed by atoms with Crippen molar-refractivity contribution in [3.8, 4) is 0 Å². The number of carbonyl (C=O) groups is 2. The van der Waals surface area contributed by atoms with Gasteiger partial charge in [0.25, 0.3) is 27.5 Å². The maximum Gasteiger partial charge on any atom is 0.269 e. The summed E-state index contributed by atoms with van der Waals surface area (Å²) in [6.45, 7) is 1.81. The lowest BCUT2D eigenvalue weighted by molar-refractivity contribution is -0.384. The van der Waals surface area contributed by atoms with Gasteiger partial charge in [-0.3, -0.25) is 19.7 Å². The van der Waals surface area contributed by atoms with Crippen LogP contribution in [0, 0.1) is 17.0 Å². The van der Waals surface area contributed by atoms with Gasteiger partial charge in [-0.1, -0.05) is 48.0 Å². The summed E-state index contributed by atoms with van der Waals surface area (Å²) in [6.07, 6.45) is -0.0136. The van der Waals surface area contributed by atoms with Crippen molar-refractivity contribution in [2.45, 2.75) is 30.3 Å². The molecule has 3 aromatic carbocycles. The summed E-state index contributed by atoms with van der Waals surface area (Å²) in [5.41, 5.74) is 1.44. The first-order chi connectivity index (χ1) is 16.2. The third-order valence-electron chi connectivity index (χ3n) is 5.67. The molecule has 0 aliphatic carbocycles. The molecule has 0 spiro atoms. The molecule has 3 aromatic rings. The highest BCUT2D eigenvalue weighted by Crippen LogP contribution is 2.38. The Morgan fingerprint density at radius 3 is 2.21 bits per heavy atom. The first kappa shape index (κ1) is 23.1. The van der Waals surface area contributed by atoms with Gasteiger partial charge in [-0.05, 0) is 36.8 Å². The molecule has 34 heavy (non-hydrogen) atoms. The number of carbonyl (C=O) groups excluding carboxylic acids is 2. The van der Waals surface area contributed by atoms with Gasteiger partial charge in [-0.15, -0.1) is 0 Å². The van der Waals surface area contributed by atoms with E-state index < -0.39 is 38.8 Å². The van der Waals surface area contributed by atoms with Crippen molar-refractivity contribution >= 4 is 27.5 Å². The molecule has 9 nitrogen and oxygen atoms in total. The van der Waals surface area contributed by atoms with E-state index in [-0.39, 0.29) is 17.0 Å². The molecule has 0 aromatic heterocycles. The lowest BCUT2D eigenvalue weighted by Gasteiger charge is -2.24. The molecule has 0 bridgehead atoms. The van der Waals surface area contributed by atoms with E-state index in [0.717, 1.165) is 9.87 Å². The number of hydrogen-bond acceptors (Lipinski definition) is 6. The third-order valence-corrected chi connectivity index (χ3v) is 7.49. The Hall–Kier alpha value is -4.05. The number of nitro groups is 1. The Morgan fingerprint density at radius 2 is 1.62 bits per heavy atom. The van der Waals surface area contributed by atoms with E-state index in [1.54, 1.807) is 42.5 Å². The number of non-ortho nitro benzene ring substituents is 1. The molecule has 1 heterocycles. The largest absolute Gasteiger partial charge is 0.340 e. The minimum absolute atomic E-state index is 0.0136. The maximum atomic E-state index is 13.5. The Kier molecular flexibility index (Phi) is 6.16. The molecule has 2 atom stereocenters. The molecule has 0 radical (unpaired) electrons. The molecule has 1 aliphatic heterocycles. The molecule has 1 saturated heterocycles. The summed E-state index contributed by atoms with van der Waals surface area (Å²) in [6, 6.07) is 17.7. The number of sulfonamides is 1. The first-order valence-corrected chi connectivity index (χ1v) is 11.9. The average Bonchev–Trinajstić information content (AvgIpc) is 3.16. The number of hydrogen-bond donors (Lipinski definition) is 1. The van der Waals surface area contributed by atoms with E-state index in [9.17, 15) is 28.1 Å². The van der Waals surface area contributed by atoms with E-state index in [0.29, 0.717) is 11.1 Å².